The fraction of sp³-hybridized carbons (Fsp3) is 0.548. The predicted octanol–water partition coefficient (Wildman–Crippen LogP) is 5.65. The number of carbonyl (C=O) groups excluding carboxylic acids is 2. The van der Waals surface area contributed by atoms with Crippen molar-refractivity contribution in [3.8, 4) is 16.9 Å². The molecule has 2 aromatic carbocycles. The lowest BCUT2D eigenvalue weighted by Gasteiger charge is -2.47. The summed E-state index contributed by atoms with van der Waals surface area (Å²) in [4.78, 5) is 28.0. The summed E-state index contributed by atoms with van der Waals surface area (Å²) in [5, 5.41) is 0. The topological polar surface area (TPSA) is 75.9 Å². The summed E-state index contributed by atoms with van der Waals surface area (Å²) in [6.45, 7) is 2.47. The first-order chi connectivity index (χ1) is 19.5. The van der Waals surface area contributed by atoms with Gasteiger partial charge in [0.25, 0.3) is 5.91 Å². The van der Waals surface area contributed by atoms with Crippen molar-refractivity contribution in [2.24, 2.45) is 23.0 Å². The molecule has 1 saturated carbocycles. The van der Waals surface area contributed by atoms with Gasteiger partial charge in [0.1, 0.15) is 0 Å². The molecule has 2 heterocycles. The highest BCUT2D eigenvalue weighted by molar-refractivity contribution is 5.95. The molecule has 0 aromatic heterocycles. The number of alkyl halides is 3. The third-order valence-corrected chi connectivity index (χ3v) is 9.13. The van der Waals surface area contributed by atoms with Crippen molar-refractivity contribution < 1.29 is 31.9 Å². The molecule has 2 aliphatic heterocycles. The average molecular weight is 576 g/mol. The van der Waals surface area contributed by atoms with Gasteiger partial charge < -0.3 is 20.3 Å². The molecule has 3 fully saturated rings. The van der Waals surface area contributed by atoms with E-state index in [4.69, 9.17) is 10.5 Å². The number of carbonyl (C=O) groups is 2. The van der Waals surface area contributed by atoms with Gasteiger partial charge in [-0.3, -0.25) is 9.59 Å². The van der Waals surface area contributed by atoms with Crippen LogP contribution in [0.4, 0.5) is 17.6 Å². The van der Waals surface area contributed by atoms with Crippen LogP contribution in [0.25, 0.3) is 11.1 Å². The fourth-order valence-electron chi connectivity index (χ4n) is 6.26. The van der Waals surface area contributed by atoms with E-state index in [0.717, 1.165) is 24.8 Å². The second-order valence-corrected chi connectivity index (χ2v) is 11.9. The number of benzene rings is 2. The van der Waals surface area contributed by atoms with Gasteiger partial charge in [0.2, 0.25) is 5.91 Å². The van der Waals surface area contributed by atoms with Crippen LogP contribution < -0.4 is 10.5 Å². The number of nitrogens with zero attached hydrogens (tertiary/aromatic N) is 2. The summed E-state index contributed by atoms with van der Waals surface area (Å²) in [5.41, 5.74) is 5.76. The Morgan fingerprint density at radius 1 is 0.951 bits per heavy atom. The molecule has 0 radical (unpaired) electrons. The molecule has 0 spiro atoms. The SMILES string of the molecule is NC(=O)[C@H]1CCCN(C(=O)c2ccc(-c3ccc(OCC4CCN(CC5(C(F)(F)F)CCC5)CC4)c(F)c3)cc2)C1. The maximum atomic E-state index is 14.9. The van der Waals surface area contributed by atoms with E-state index in [2.05, 4.69) is 0 Å². The number of amides is 2. The van der Waals surface area contributed by atoms with Gasteiger partial charge in [-0.1, -0.05) is 24.6 Å². The fourth-order valence-corrected chi connectivity index (χ4v) is 6.26. The third kappa shape index (κ3) is 6.52. The number of halogens is 4. The quantitative estimate of drug-likeness (QED) is 0.413. The van der Waals surface area contributed by atoms with Gasteiger partial charge in [0, 0.05) is 25.2 Å². The van der Waals surface area contributed by atoms with Crippen LogP contribution in [0.3, 0.4) is 0 Å². The van der Waals surface area contributed by atoms with Gasteiger partial charge in [0.05, 0.1) is 17.9 Å². The summed E-state index contributed by atoms with van der Waals surface area (Å²) in [6, 6.07) is 11.7. The van der Waals surface area contributed by atoms with E-state index in [-0.39, 0.29) is 48.8 Å². The highest BCUT2D eigenvalue weighted by Crippen LogP contribution is 2.53. The van der Waals surface area contributed by atoms with Crippen LogP contribution >= 0.6 is 0 Å². The zero-order chi connectivity index (χ0) is 29.2. The molecule has 0 unspecified atom stereocenters. The van der Waals surface area contributed by atoms with Gasteiger partial charge in [-0.2, -0.15) is 13.2 Å². The lowest BCUT2D eigenvalue weighted by Crippen LogP contribution is -2.53. The lowest BCUT2D eigenvalue weighted by atomic mass is 9.67. The van der Waals surface area contributed by atoms with Crippen LogP contribution in [0.1, 0.15) is 55.3 Å². The van der Waals surface area contributed by atoms with Crippen molar-refractivity contribution in [3.05, 3.63) is 53.8 Å². The van der Waals surface area contributed by atoms with Crippen LogP contribution in [0, 0.1) is 23.1 Å². The van der Waals surface area contributed by atoms with Gasteiger partial charge in [-0.05, 0) is 92.9 Å². The van der Waals surface area contributed by atoms with Crippen molar-refractivity contribution in [2.45, 2.75) is 51.1 Å². The molecule has 2 amide bonds. The van der Waals surface area contributed by atoms with E-state index in [1.54, 1.807) is 41.3 Å². The van der Waals surface area contributed by atoms with Crippen molar-refractivity contribution in [1.82, 2.24) is 9.80 Å². The van der Waals surface area contributed by atoms with Gasteiger partial charge in [-0.15, -0.1) is 0 Å². The van der Waals surface area contributed by atoms with Crippen molar-refractivity contribution in [3.63, 3.8) is 0 Å². The van der Waals surface area contributed by atoms with E-state index in [0.29, 0.717) is 56.8 Å². The first-order valence-electron chi connectivity index (χ1n) is 14.5. The largest absolute Gasteiger partial charge is 0.490 e. The highest BCUT2D eigenvalue weighted by Gasteiger charge is 2.58. The van der Waals surface area contributed by atoms with Crippen LogP contribution in [0.5, 0.6) is 5.75 Å². The minimum absolute atomic E-state index is 0.0727. The number of rotatable bonds is 8. The number of piperidine rings is 2. The summed E-state index contributed by atoms with van der Waals surface area (Å²) >= 11 is 0. The molecule has 1 atom stereocenters. The Morgan fingerprint density at radius 2 is 1.63 bits per heavy atom. The molecular formula is C31H37F4N3O3. The van der Waals surface area contributed by atoms with Crippen LogP contribution in [0.2, 0.25) is 0 Å². The summed E-state index contributed by atoms with van der Waals surface area (Å²) < 4.78 is 61.2. The van der Waals surface area contributed by atoms with Gasteiger partial charge in [-0.25, -0.2) is 4.39 Å². The van der Waals surface area contributed by atoms with Crippen molar-refractivity contribution in [2.75, 3.05) is 39.3 Å². The second-order valence-electron chi connectivity index (χ2n) is 11.9. The standard InChI is InChI=1S/C31H37F4N3O3/c32-26-17-24(22-4-6-23(7-5-22)29(40)38-14-1-3-25(18-38)28(36)39)8-9-27(26)41-19-21-10-15-37(16-11-21)20-30(12-2-13-30)31(33,34)35/h4-9,17,21,25H,1-3,10-16,18-20H2,(H2,36,39)/t25-/m0/s1. The van der Waals surface area contributed by atoms with E-state index in [1.807, 2.05) is 4.90 Å². The molecule has 41 heavy (non-hydrogen) atoms. The third-order valence-electron chi connectivity index (χ3n) is 9.13. The van der Waals surface area contributed by atoms with E-state index < -0.39 is 17.4 Å². The number of ether oxygens (including phenoxy) is 1. The number of hydrogen-bond acceptors (Lipinski definition) is 4. The van der Waals surface area contributed by atoms with Crippen LogP contribution in [-0.4, -0.2) is 67.1 Å². The zero-order valence-electron chi connectivity index (χ0n) is 23.1. The Balaban J connectivity index is 1.12. The molecule has 0 bridgehead atoms. The molecule has 2 aromatic rings. The monoisotopic (exact) mass is 575 g/mol. The van der Waals surface area contributed by atoms with E-state index in [9.17, 15) is 27.2 Å². The Labute approximate surface area is 237 Å². The Bertz CT molecular complexity index is 1240. The lowest BCUT2D eigenvalue weighted by molar-refractivity contribution is -0.256. The van der Waals surface area contributed by atoms with E-state index >= 15 is 0 Å². The molecule has 1 aliphatic carbocycles. The summed E-state index contributed by atoms with van der Waals surface area (Å²) in [5.74, 6) is -1.07. The Morgan fingerprint density at radius 3 is 2.22 bits per heavy atom. The van der Waals surface area contributed by atoms with Crippen molar-refractivity contribution >= 4 is 11.8 Å². The number of hydrogen-bond donors (Lipinski definition) is 1. The maximum Gasteiger partial charge on any atom is 0.395 e. The summed E-state index contributed by atoms with van der Waals surface area (Å²) in [7, 11) is 0. The first-order valence-corrected chi connectivity index (χ1v) is 14.5. The maximum absolute atomic E-state index is 14.9. The molecule has 5 rings (SSSR count). The number of primary amides is 1. The molecule has 222 valence electrons. The summed E-state index contributed by atoms with van der Waals surface area (Å²) in [6.07, 6.45) is -0.223. The van der Waals surface area contributed by atoms with Crippen molar-refractivity contribution in [1.29, 1.82) is 0 Å². The molecule has 2 saturated heterocycles. The Kier molecular flexibility index (Phi) is 8.59. The normalized spacial score (nSPS) is 21.8. The molecular weight excluding hydrogens is 538 g/mol. The molecule has 6 nitrogen and oxygen atoms in total. The highest BCUT2D eigenvalue weighted by atomic mass is 19.4. The van der Waals surface area contributed by atoms with E-state index in [1.165, 1.54) is 6.07 Å². The number of nitrogens with two attached hydrogens (primary N) is 1. The smallest absolute Gasteiger partial charge is 0.395 e. The van der Waals surface area contributed by atoms with Gasteiger partial charge >= 0.3 is 6.18 Å². The molecule has 2 N–H and O–H groups in total. The molecule has 10 heteroatoms. The minimum Gasteiger partial charge on any atom is -0.490 e. The first kappa shape index (κ1) is 29.4. The van der Waals surface area contributed by atoms with Crippen LogP contribution in [-0.2, 0) is 4.79 Å². The van der Waals surface area contributed by atoms with Gasteiger partial charge in [0.15, 0.2) is 11.6 Å². The molecule has 3 aliphatic rings. The second kappa shape index (κ2) is 12.0. The average Bonchev–Trinajstić information content (AvgIpc) is 2.94. The minimum atomic E-state index is -4.15. The zero-order valence-corrected chi connectivity index (χ0v) is 23.1. The van der Waals surface area contributed by atoms with Crippen LogP contribution in [0.15, 0.2) is 42.5 Å². The Hall–Kier alpha value is -3.14. The predicted molar refractivity (Wildman–Crippen MR) is 147 cm³/mol. The number of likely N-dealkylation sites (tertiary alicyclic amines) is 2.